The first-order chi connectivity index (χ1) is 29.3. The number of carbonyl (C=O) groups excluding carboxylic acids is 1. The summed E-state index contributed by atoms with van der Waals surface area (Å²) in [6, 6.07) is -0.824. The average molecular weight is 850 g/mol. The van der Waals surface area contributed by atoms with Crippen molar-refractivity contribution in [2.75, 3.05) is 13.2 Å². The summed E-state index contributed by atoms with van der Waals surface area (Å²) in [5, 5.41) is 54.2. The molecule has 352 valence electrons. The zero-order valence-electron chi connectivity index (χ0n) is 38.7. The zero-order valence-corrected chi connectivity index (χ0v) is 38.7. The maximum atomic E-state index is 12.9. The Hall–Kier alpha value is -1.59. The van der Waals surface area contributed by atoms with Crippen molar-refractivity contribution in [2.45, 2.75) is 269 Å². The highest BCUT2D eigenvalue weighted by molar-refractivity contribution is 5.76. The van der Waals surface area contributed by atoms with E-state index in [1.54, 1.807) is 6.08 Å². The summed E-state index contributed by atoms with van der Waals surface area (Å²) in [5.74, 6) is -0.197. The first kappa shape index (κ1) is 56.4. The third-order valence-electron chi connectivity index (χ3n) is 11.9. The van der Waals surface area contributed by atoms with E-state index in [2.05, 4.69) is 43.5 Å². The second-order valence-electron chi connectivity index (χ2n) is 17.6. The molecule has 1 fully saturated rings. The molecule has 1 heterocycles. The minimum absolute atomic E-state index is 0.197. The van der Waals surface area contributed by atoms with Crippen LogP contribution < -0.4 is 5.32 Å². The van der Waals surface area contributed by atoms with Crippen LogP contribution in [-0.4, -0.2) is 87.5 Å². The Balaban J connectivity index is 2.28. The minimum atomic E-state index is -1.57. The molecule has 6 N–H and O–H groups in total. The molecule has 0 aliphatic carbocycles. The lowest BCUT2D eigenvalue weighted by molar-refractivity contribution is -0.302. The van der Waals surface area contributed by atoms with Crippen molar-refractivity contribution in [1.82, 2.24) is 5.32 Å². The van der Waals surface area contributed by atoms with Crippen LogP contribution in [0.4, 0.5) is 0 Å². The van der Waals surface area contributed by atoms with Crippen molar-refractivity contribution in [3.63, 3.8) is 0 Å². The Labute approximate surface area is 368 Å². The van der Waals surface area contributed by atoms with E-state index < -0.39 is 49.5 Å². The van der Waals surface area contributed by atoms with Crippen LogP contribution in [0.3, 0.4) is 0 Å². The summed E-state index contributed by atoms with van der Waals surface area (Å²) < 4.78 is 11.2. The highest BCUT2D eigenvalue weighted by Gasteiger charge is 2.44. The van der Waals surface area contributed by atoms with Crippen LogP contribution in [0.15, 0.2) is 36.5 Å². The normalized spacial score (nSPS) is 20.8. The molecule has 7 unspecified atom stereocenters. The van der Waals surface area contributed by atoms with Crippen molar-refractivity contribution >= 4 is 5.91 Å². The quantitative estimate of drug-likeness (QED) is 0.0263. The fraction of sp³-hybridized carbons (Fsp3) is 0.863. The van der Waals surface area contributed by atoms with Crippen molar-refractivity contribution in [2.24, 2.45) is 0 Å². The molecule has 0 radical (unpaired) electrons. The van der Waals surface area contributed by atoms with Gasteiger partial charge in [-0.05, 0) is 57.8 Å². The molecule has 9 heteroatoms. The predicted molar refractivity (Wildman–Crippen MR) is 249 cm³/mol. The van der Waals surface area contributed by atoms with Gasteiger partial charge >= 0.3 is 0 Å². The lowest BCUT2D eigenvalue weighted by Gasteiger charge is -2.40. The number of rotatable bonds is 42. The summed E-state index contributed by atoms with van der Waals surface area (Å²) >= 11 is 0. The number of allylic oxidation sites excluding steroid dienone is 5. The fourth-order valence-corrected chi connectivity index (χ4v) is 7.87. The van der Waals surface area contributed by atoms with Gasteiger partial charge in [0.25, 0.3) is 0 Å². The first-order valence-corrected chi connectivity index (χ1v) is 25.2. The number of amides is 1. The standard InChI is InChI=1S/C51H95NO8/c1-3-5-7-9-11-13-15-17-18-19-20-21-22-23-24-25-26-27-28-29-30-32-34-36-38-40-45(54)44(43-59-51-50(58)49(57)48(56)46(42-53)60-51)52-47(55)41-39-37-35-33-31-16-14-12-10-8-6-4-2/h12,14,30,32,38,40,44-46,48-51,53-54,56-58H,3-11,13,15-29,31,33-37,39,41-43H2,1-2H3,(H,52,55)/b14-12-,32-30+,40-38+. The molecule has 1 aliphatic rings. The smallest absolute Gasteiger partial charge is 0.220 e. The van der Waals surface area contributed by atoms with Gasteiger partial charge < -0.3 is 40.3 Å². The largest absolute Gasteiger partial charge is 0.394 e. The molecule has 1 amide bonds. The maximum Gasteiger partial charge on any atom is 0.220 e. The second kappa shape index (κ2) is 41.4. The summed E-state index contributed by atoms with van der Waals surface area (Å²) in [4.78, 5) is 12.9. The Bertz CT molecular complexity index is 1030. The molecule has 1 saturated heterocycles. The third kappa shape index (κ3) is 31.3. The number of hydrogen-bond acceptors (Lipinski definition) is 8. The number of ether oxygens (including phenoxy) is 2. The van der Waals surface area contributed by atoms with Crippen LogP contribution in [-0.2, 0) is 14.3 Å². The van der Waals surface area contributed by atoms with Crippen LogP contribution in [0.25, 0.3) is 0 Å². The SMILES string of the molecule is CCCCC/C=C\CCCCCCCC(=O)NC(COC1OC(CO)C(O)C(O)C1O)C(O)/C=C/CC/C=C/CCCCCCCCCCCCCCCCCCCCC. The van der Waals surface area contributed by atoms with Gasteiger partial charge in [0.2, 0.25) is 5.91 Å². The number of hydrogen-bond donors (Lipinski definition) is 6. The fourth-order valence-electron chi connectivity index (χ4n) is 7.87. The Morgan fingerprint density at radius 1 is 0.550 bits per heavy atom. The lowest BCUT2D eigenvalue weighted by Crippen LogP contribution is -2.60. The number of nitrogens with one attached hydrogen (secondary N) is 1. The monoisotopic (exact) mass is 850 g/mol. The van der Waals surface area contributed by atoms with Gasteiger partial charge in [0, 0.05) is 6.42 Å². The molecule has 1 rings (SSSR count). The molecule has 0 aromatic rings. The Kier molecular flexibility index (Phi) is 39.0. The zero-order chi connectivity index (χ0) is 43.7. The Morgan fingerprint density at radius 2 is 0.950 bits per heavy atom. The van der Waals surface area contributed by atoms with Crippen LogP contribution in [0.1, 0.15) is 226 Å². The van der Waals surface area contributed by atoms with Crippen molar-refractivity contribution in [1.29, 1.82) is 0 Å². The topological polar surface area (TPSA) is 149 Å². The number of unbranched alkanes of at least 4 members (excludes halogenated alkanes) is 28. The van der Waals surface area contributed by atoms with E-state index >= 15 is 0 Å². The molecule has 0 aromatic carbocycles. The van der Waals surface area contributed by atoms with E-state index in [1.807, 2.05) is 6.08 Å². The van der Waals surface area contributed by atoms with Crippen molar-refractivity contribution in [3.8, 4) is 0 Å². The van der Waals surface area contributed by atoms with Gasteiger partial charge in [-0.25, -0.2) is 0 Å². The summed E-state index contributed by atoms with van der Waals surface area (Å²) in [6.45, 7) is 3.73. The summed E-state index contributed by atoms with van der Waals surface area (Å²) in [6.07, 6.45) is 45.0. The van der Waals surface area contributed by atoms with Crippen molar-refractivity contribution < 1.29 is 39.8 Å². The summed E-state index contributed by atoms with van der Waals surface area (Å²) in [7, 11) is 0. The highest BCUT2D eigenvalue weighted by Crippen LogP contribution is 2.23. The molecule has 0 aromatic heterocycles. The lowest BCUT2D eigenvalue weighted by atomic mass is 9.99. The number of aliphatic hydroxyl groups is 5. The van der Waals surface area contributed by atoms with E-state index in [0.717, 1.165) is 57.8 Å². The van der Waals surface area contributed by atoms with Crippen LogP contribution in [0.5, 0.6) is 0 Å². The maximum absolute atomic E-state index is 12.9. The molecule has 0 spiro atoms. The molecule has 60 heavy (non-hydrogen) atoms. The van der Waals surface area contributed by atoms with E-state index in [4.69, 9.17) is 9.47 Å². The highest BCUT2D eigenvalue weighted by atomic mass is 16.7. The summed E-state index contributed by atoms with van der Waals surface area (Å²) in [5.41, 5.74) is 0. The van der Waals surface area contributed by atoms with Gasteiger partial charge in [0.15, 0.2) is 6.29 Å². The molecule has 7 atom stereocenters. The van der Waals surface area contributed by atoms with Gasteiger partial charge in [-0.2, -0.15) is 0 Å². The van der Waals surface area contributed by atoms with Crippen molar-refractivity contribution in [3.05, 3.63) is 36.5 Å². The van der Waals surface area contributed by atoms with Crippen LogP contribution in [0, 0.1) is 0 Å². The van der Waals surface area contributed by atoms with E-state index in [9.17, 15) is 30.3 Å². The molecular formula is C51H95NO8. The molecule has 0 saturated carbocycles. The average Bonchev–Trinajstić information content (AvgIpc) is 3.25. The first-order valence-electron chi connectivity index (χ1n) is 25.2. The van der Waals surface area contributed by atoms with E-state index in [0.29, 0.717) is 6.42 Å². The van der Waals surface area contributed by atoms with Gasteiger partial charge in [-0.3, -0.25) is 4.79 Å². The third-order valence-corrected chi connectivity index (χ3v) is 11.9. The molecule has 0 bridgehead atoms. The predicted octanol–water partition coefficient (Wildman–Crippen LogP) is 11.2. The molecule has 1 aliphatic heterocycles. The van der Waals surface area contributed by atoms with E-state index in [-0.39, 0.29) is 12.5 Å². The molecular weight excluding hydrogens is 755 g/mol. The number of aliphatic hydroxyl groups excluding tert-OH is 5. The van der Waals surface area contributed by atoms with Gasteiger partial charge in [-0.1, -0.05) is 198 Å². The van der Waals surface area contributed by atoms with Gasteiger partial charge in [0.1, 0.15) is 24.4 Å². The van der Waals surface area contributed by atoms with Crippen LogP contribution >= 0.6 is 0 Å². The minimum Gasteiger partial charge on any atom is -0.394 e. The van der Waals surface area contributed by atoms with Gasteiger partial charge in [-0.15, -0.1) is 0 Å². The second-order valence-corrected chi connectivity index (χ2v) is 17.6. The van der Waals surface area contributed by atoms with Crippen LogP contribution in [0.2, 0.25) is 0 Å². The van der Waals surface area contributed by atoms with E-state index in [1.165, 1.54) is 148 Å². The Morgan fingerprint density at radius 3 is 1.43 bits per heavy atom. The van der Waals surface area contributed by atoms with Gasteiger partial charge in [0.05, 0.1) is 25.4 Å². The molecule has 9 nitrogen and oxygen atoms in total. The number of carbonyl (C=O) groups is 1.